The smallest absolute Gasteiger partial charge is 0.233 e. The molecule has 0 atom stereocenters. The van der Waals surface area contributed by atoms with Crippen LogP contribution in [0, 0.1) is 5.41 Å². The lowest BCUT2D eigenvalue weighted by Crippen LogP contribution is -2.48. The maximum atomic E-state index is 11.8. The number of hydrogen-bond acceptors (Lipinski definition) is 4. The van der Waals surface area contributed by atoms with Crippen molar-refractivity contribution in [3.05, 3.63) is 0 Å². The van der Waals surface area contributed by atoms with Gasteiger partial charge in [-0.05, 0) is 19.3 Å². The van der Waals surface area contributed by atoms with E-state index in [4.69, 9.17) is 9.47 Å². The molecule has 1 saturated carbocycles. The molecule has 0 aromatic rings. The summed E-state index contributed by atoms with van der Waals surface area (Å²) < 4.78 is 11.5. The minimum atomic E-state index is -0.480. The Kier molecular flexibility index (Phi) is 2.48. The Bertz CT molecular complexity index is 350. The summed E-state index contributed by atoms with van der Waals surface area (Å²) in [5, 5.41) is 2.41. The fourth-order valence-electron chi connectivity index (χ4n) is 3.11. The van der Waals surface area contributed by atoms with Gasteiger partial charge < -0.3 is 9.47 Å². The normalized spacial score (nSPS) is 30.8. The second kappa shape index (κ2) is 3.78. The summed E-state index contributed by atoms with van der Waals surface area (Å²) in [6, 6.07) is 0. The van der Waals surface area contributed by atoms with Gasteiger partial charge in [0.2, 0.25) is 11.8 Å². The molecule has 3 fully saturated rings. The zero-order valence-electron chi connectivity index (χ0n) is 9.79. The van der Waals surface area contributed by atoms with Crippen molar-refractivity contribution in [2.24, 2.45) is 5.41 Å². The SMILES string of the molecule is O=C1CC2(CCC3(CC2)OCCCO3)C(=O)N1. The number of rotatable bonds is 0. The molecule has 0 bridgehead atoms. The highest BCUT2D eigenvalue weighted by atomic mass is 16.7. The van der Waals surface area contributed by atoms with Crippen LogP contribution in [0.5, 0.6) is 0 Å². The summed E-state index contributed by atoms with van der Waals surface area (Å²) in [6.45, 7) is 1.47. The van der Waals surface area contributed by atoms with Gasteiger partial charge in [0.1, 0.15) is 0 Å². The van der Waals surface area contributed by atoms with Gasteiger partial charge in [0.15, 0.2) is 5.79 Å². The number of carbonyl (C=O) groups is 2. The lowest BCUT2D eigenvalue weighted by Gasteiger charge is -2.44. The molecule has 1 aliphatic carbocycles. The van der Waals surface area contributed by atoms with Gasteiger partial charge in [0, 0.05) is 19.3 Å². The molecule has 94 valence electrons. The highest BCUT2D eigenvalue weighted by molar-refractivity contribution is 6.05. The Labute approximate surface area is 99.8 Å². The minimum Gasteiger partial charge on any atom is -0.350 e. The molecule has 1 N–H and O–H groups in total. The highest BCUT2D eigenvalue weighted by Crippen LogP contribution is 2.47. The molecule has 0 unspecified atom stereocenters. The standard InChI is InChI=1S/C12H17NO4/c14-9-8-11(10(15)13-9)2-4-12(5-3-11)16-6-1-7-17-12/h1-8H2,(H,13,14,15). The number of carbonyl (C=O) groups excluding carboxylic acids is 2. The molecule has 3 aliphatic rings. The van der Waals surface area contributed by atoms with Crippen molar-refractivity contribution in [3.63, 3.8) is 0 Å². The molecule has 2 aliphatic heterocycles. The Morgan fingerprint density at radius 2 is 1.65 bits per heavy atom. The fraction of sp³-hybridized carbons (Fsp3) is 0.833. The molecule has 5 heteroatoms. The fourth-order valence-corrected chi connectivity index (χ4v) is 3.11. The monoisotopic (exact) mass is 239 g/mol. The number of hydrogen-bond donors (Lipinski definition) is 1. The van der Waals surface area contributed by atoms with Crippen LogP contribution in [0.1, 0.15) is 38.5 Å². The van der Waals surface area contributed by atoms with Crippen molar-refractivity contribution in [2.45, 2.75) is 44.3 Å². The second-order valence-corrected chi connectivity index (χ2v) is 5.30. The second-order valence-electron chi connectivity index (χ2n) is 5.30. The molecule has 0 radical (unpaired) electrons. The summed E-state index contributed by atoms with van der Waals surface area (Å²) in [5.74, 6) is -0.723. The van der Waals surface area contributed by atoms with Crippen LogP contribution in [0.2, 0.25) is 0 Å². The van der Waals surface area contributed by atoms with E-state index < -0.39 is 11.2 Å². The largest absolute Gasteiger partial charge is 0.350 e. The van der Waals surface area contributed by atoms with E-state index in [9.17, 15) is 9.59 Å². The van der Waals surface area contributed by atoms with Crippen LogP contribution in [-0.4, -0.2) is 30.8 Å². The molecule has 3 rings (SSSR count). The van der Waals surface area contributed by atoms with Crippen LogP contribution in [0.25, 0.3) is 0 Å². The van der Waals surface area contributed by atoms with Crippen molar-refractivity contribution < 1.29 is 19.1 Å². The number of amides is 2. The number of ether oxygens (including phenoxy) is 2. The number of imide groups is 1. The molecule has 2 heterocycles. The average Bonchev–Trinajstić information content (AvgIpc) is 2.60. The van der Waals surface area contributed by atoms with E-state index in [1.165, 1.54) is 0 Å². The van der Waals surface area contributed by atoms with Crippen LogP contribution >= 0.6 is 0 Å². The van der Waals surface area contributed by atoms with Crippen LogP contribution < -0.4 is 5.32 Å². The molecule has 2 amide bonds. The quantitative estimate of drug-likeness (QED) is 0.633. The van der Waals surface area contributed by atoms with Gasteiger partial charge >= 0.3 is 0 Å². The zero-order chi connectivity index (χ0) is 11.9. The zero-order valence-corrected chi connectivity index (χ0v) is 9.79. The first-order valence-corrected chi connectivity index (χ1v) is 6.27. The summed E-state index contributed by atoms with van der Waals surface area (Å²) in [4.78, 5) is 23.1. The molecule has 0 aromatic heterocycles. The van der Waals surface area contributed by atoms with Crippen molar-refractivity contribution in [1.82, 2.24) is 5.32 Å². The van der Waals surface area contributed by atoms with E-state index in [1.807, 2.05) is 0 Å². The molecule has 5 nitrogen and oxygen atoms in total. The van der Waals surface area contributed by atoms with E-state index in [0.29, 0.717) is 32.1 Å². The van der Waals surface area contributed by atoms with Crippen molar-refractivity contribution in [3.8, 4) is 0 Å². The number of nitrogens with one attached hydrogen (secondary N) is 1. The topological polar surface area (TPSA) is 64.6 Å². The van der Waals surface area contributed by atoms with Gasteiger partial charge in [-0.15, -0.1) is 0 Å². The Morgan fingerprint density at radius 3 is 2.18 bits per heavy atom. The Morgan fingerprint density at radius 1 is 1.00 bits per heavy atom. The molecular formula is C12H17NO4. The van der Waals surface area contributed by atoms with E-state index in [0.717, 1.165) is 19.6 Å². The summed E-state index contributed by atoms with van der Waals surface area (Å²) in [7, 11) is 0. The predicted molar refractivity (Wildman–Crippen MR) is 57.9 cm³/mol. The molecule has 17 heavy (non-hydrogen) atoms. The first kappa shape index (κ1) is 11.2. The summed E-state index contributed by atoms with van der Waals surface area (Å²) in [6.07, 6.45) is 4.07. The molecule has 2 saturated heterocycles. The first-order chi connectivity index (χ1) is 8.14. The van der Waals surface area contributed by atoms with Gasteiger partial charge in [-0.1, -0.05) is 0 Å². The predicted octanol–water partition coefficient (Wildman–Crippen LogP) is 0.726. The van der Waals surface area contributed by atoms with Crippen LogP contribution in [0.4, 0.5) is 0 Å². The van der Waals surface area contributed by atoms with Crippen molar-refractivity contribution in [1.29, 1.82) is 0 Å². The van der Waals surface area contributed by atoms with E-state index in [1.54, 1.807) is 0 Å². The summed E-state index contributed by atoms with van der Waals surface area (Å²) >= 11 is 0. The Hall–Kier alpha value is -0.940. The van der Waals surface area contributed by atoms with Crippen LogP contribution in [-0.2, 0) is 19.1 Å². The molecular weight excluding hydrogens is 222 g/mol. The van der Waals surface area contributed by atoms with Gasteiger partial charge in [-0.2, -0.15) is 0 Å². The van der Waals surface area contributed by atoms with E-state index in [-0.39, 0.29) is 11.8 Å². The van der Waals surface area contributed by atoms with E-state index in [2.05, 4.69) is 5.32 Å². The third-order valence-corrected chi connectivity index (χ3v) is 4.22. The van der Waals surface area contributed by atoms with Gasteiger partial charge in [-0.25, -0.2) is 0 Å². The highest BCUT2D eigenvalue weighted by Gasteiger charge is 2.53. The maximum absolute atomic E-state index is 11.8. The van der Waals surface area contributed by atoms with Gasteiger partial charge in [0.25, 0.3) is 0 Å². The Balaban J connectivity index is 1.71. The lowest BCUT2D eigenvalue weighted by molar-refractivity contribution is -0.286. The molecule has 0 aromatic carbocycles. The minimum absolute atomic E-state index is 0.104. The maximum Gasteiger partial charge on any atom is 0.233 e. The van der Waals surface area contributed by atoms with E-state index >= 15 is 0 Å². The van der Waals surface area contributed by atoms with Crippen molar-refractivity contribution >= 4 is 11.8 Å². The van der Waals surface area contributed by atoms with Crippen LogP contribution in [0.15, 0.2) is 0 Å². The lowest BCUT2D eigenvalue weighted by atomic mass is 9.70. The summed E-state index contributed by atoms with van der Waals surface area (Å²) in [5.41, 5.74) is -0.480. The molecule has 2 spiro atoms. The van der Waals surface area contributed by atoms with Crippen molar-refractivity contribution in [2.75, 3.05) is 13.2 Å². The average molecular weight is 239 g/mol. The first-order valence-electron chi connectivity index (χ1n) is 6.27. The van der Waals surface area contributed by atoms with Gasteiger partial charge in [0.05, 0.1) is 18.6 Å². The third kappa shape index (κ3) is 1.77. The van der Waals surface area contributed by atoms with Gasteiger partial charge in [-0.3, -0.25) is 14.9 Å². The van der Waals surface area contributed by atoms with Crippen LogP contribution in [0.3, 0.4) is 0 Å². The third-order valence-electron chi connectivity index (χ3n) is 4.22.